The molecule has 2 aliphatic carbocycles. The summed E-state index contributed by atoms with van der Waals surface area (Å²) < 4.78 is 0. The summed E-state index contributed by atoms with van der Waals surface area (Å²) in [7, 11) is 3.37. The van der Waals surface area contributed by atoms with Crippen molar-refractivity contribution < 1.29 is 38.4 Å². The first-order valence-corrected chi connectivity index (χ1v) is 32.7. The minimum atomic E-state index is -0.974. The Bertz CT molecular complexity index is 2970. The highest BCUT2D eigenvalue weighted by Crippen LogP contribution is 2.33. The number of nitrogens with one attached hydrogen (secondary N) is 8. The van der Waals surface area contributed by atoms with Crippen molar-refractivity contribution >= 4 is 47.3 Å². The Balaban J connectivity index is 0.919. The van der Waals surface area contributed by atoms with Gasteiger partial charge >= 0.3 is 0 Å². The van der Waals surface area contributed by atoms with Crippen molar-refractivity contribution in [2.24, 2.45) is 11.8 Å². The molecule has 2 aliphatic heterocycles. The number of rotatable bonds is 26. The third kappa shape index (κ3) is 17.6. The predicted octanol–water partition coefficient (Wildman–Crippen LogP) is 7.41. The predicted molar refractivity (Wildman–Crippen MR) is 347 cm³/mol. The normalized spacial score (nSPS) is 20.7. The number of benzene rings is 5. The van der Waals surface area contributed by atoms with E-state index in [9.17, 15) is 28.8 Å². The summed E-state index contributed by atoms with van der Waals surface area (Å²) in [5.41, 5.74) is 4.57. The molecule has 4 fully saturated rings. The third-order valence-electron chi connectivity index (χ3n) is 19.0. The lowest BCUT2D eigenvalue weighted by atomic mass is 9.83. The van der Waals surface area contributed by atoms with Gasteiger partial charge in [-0.25, -0.2) is 0 Å². The summed E-state index contributed by atoms with van der Waals surface area (Å²) >= 11 is 0. The number of nitrogens with zero attached hydrogens (tertiary/aromatic N) is 2. The van der Waals surface area contributed by atoms with Crippen molar-refractivity contribution in [3.05, 3.63) is 179 Å². The van der Waals surface area contributed by atoms with E-state index < -0.39 is 60.1 Å². The molecule has 0 spiro atoms. The van der Waals surface area contributed by atoms with Crippen molar-refractivity contribution in [1.82, 2.24) is 52.3 Å². The van der Waals surface area contributed by atoms with E-state index in [1.807, 2.05) is 97.1 Å². The first-order chi connectivity index (χ1) is 43.7. The largest absolute Gasteiger partial charge is 0.347 e. The molecule has 8 amide bonds. The monoisotopic (exact) mass is 1220 g/mol. The van der Waals surface area contributed by atoms with Gasteiger partial charge in [-0.1, -0.05) is 160 Å². The van der Waals surface area contributed by atoms with Gasteiger partial charge in [-0.2, -0.15) is 0 Å². The fourth-order valence-corrected chi connectivity index (χ4v) is 13.5. The van der Waals surface area contributed by atoms with E-state index in [0.29, 0.717) is 25.7 Å². The van der Waals surface area contributed by atoms with E-state index >= 15 is 9.59 Å². The average molecular weight is 1230 g/mol. The van der Waals surface area contributed by atoms with Gasteiger partial charge < -0.3 is 52.3 Å². The van der Waals surface area contributed by atoms with Crippen LogP contribution in [0.15, 0.2) is 146 Å². The molecular weight excluding hydrogens is 1130 g/mol. The molecule has 9 rings (SSSR count). The third-order valence-corrected chi connectivity index (χ3v) is 19.0. The van der Waals surface area contributed by atoms with Gasteiger partial charge in [0.15, 0.2) is 0 Å². The maximum Gasteiger partial charge on any atom is 0.251 e. The molecule has 2 saturated heterocycles. The zero-order valence-corrected chi connectivity index (χ0v) is 52.7. The van der Waals surface area contributed by atoms with Crippen LogP contribution in [0.3, 0.4) is 0 Å². The Hall–Kier alpha value is -8.22. The summed E-state index contributed by atoms with van der Waals surface area (Å²) in [5.74, 6) is -3.28. The highest BCUT2D eigenvalue weighted by molar-refractivity contribution is 5.99. The zero-order valence-electron chi connectivity index (χ0n) is 52.7. The Kier molecular flexibility index (Phi) is 23.9. The number of carbonyl (C=O) groups is 8. The van der Waals surface area contributed by atoms with E-state index in [-0.39, 0.29) is 96.4 Å². The number of hydrogen-bond acceptors (Lipinski definition) is 10. The second-order valence-electron chi connectivity index (χ2n) is 25.2. The first kappa shape index (κ1) is 66.2. The standard InChI is InChI=1S/C72H92N10O8/c1-47(73-3)65(83)79-63(53-31-19-9-20-32-53)71(89)81-45-57(43-61(81)69(87)77-59(51-27-15-7-16-28-51)41-35-49-23-11-5-12-24-49)75-67(85)55-37-39-56(40-38-55)68(86)76-58-44-62(70(88)78-60(52-29-17-8-18-30-52)42-36-50-25-13-6-14-26-50)82(46-58)72(90)64(54-33-21-10-22-34-54)80-66(84)48(2)74-4/h5-8,11-18,23-30,37-40,47-48,53-54,57-64,73-74H,9-10,19-22,31-36,41-46H2,1-4H3,(H,75,85)(H,76,86)(H,77,87)(H,78,88)(H,79,83)(H,80,84)/t47-,48-,57-,58-,59+,60+,61-,62-,63-,64-/m0/s1. The molecule has 2 heterocycles. The second kappa shape index (κ2) is 32.5. The number of hydrogen-bond donors (Lipinski definition) is 8. The van der Waals surface area contributed by atoms with E-state index in [2.05, 4.69) is 66.8 Å². The summed E-state index contributed by atoms with van der Waals surface area (Å²) in [6.45, 7) is 3.51. The minimum Gasteiger partial charge on any atom is -0.347 e. The van der Waals surface area contributed by atoms with Crippen molar-refractivity contribution in [2.75, 3.05) is 27.2 Å². The van der Waals surface area contributed by atoms with Crippen LogP contribution in [0, 0.1) is 11.8 Å². The van der Waals surface area contributed by atoms with Gasteiger partial charge in [0.2, 0.25) is 35.4 Å². The summed E-state index contributed by atoms with van der Waals surface area (Å²) in [6.07, 6.45) is 11.5. The lowest BCUT2D eigenvalue weighted by Crippen LogP contribution is -2.58. The molecule has 8 N–H and O–H groups in total. The molecule has 0 unspecified atom stereocenters. The maximum absolute atomic E-state index is 15.1. The molecule has 5 aromatic carbocycles. The molecule has 4 aliphatic rings. The Morgan fingerprint density at radius 3 is 1.10 bits per heavy atom. The van der Waals surface area contributed by atoms with E-state index in [1.54, 1.807) is 62.0 Å². The lowest BCUT2D eigenvalue weighted by Gasteiger charge is -2.35. The highest BCUT2D eigenvalue weighted by Gasteiger charge is 2.47. The molecule has 0 radical (unpaired) electrons. The van der Waals surface area contributed by atoms with Crippen molar-refractivity contribution in [3.63, 3.8) is 0 Å². The van der Waals surface area contributed by atoms with Gasteiger partial charge in [0.05, 0.1) is 24.2 Å². The van der Waals surface area contributed by atoms with Gasteiger partial charge in [0, 0.05) is 36.3 Å². The first-order valence-electron chi connectivity index (χ1n) is 32.7. The second-order valence-corrected chi connectivity index (χ2v) is 25.2. The molecule has 18 nitrogen and oxygen atoms in total. The molecular formula is C72H92N10O8. The molecule has 0 aromatic heterocycles. The molecule has 478 valence electrons. The molecule has 10 atom stereocenters. The fourth-order valence-electron chi connectivity index (χ4n) is 13.5. The van der Waals surface area contributed by atoms with E-state index in [4.69, 9.17) is 0 Å². The molecule has 5 aromatic rings. The number of amides is 8. The van der Waals surface area contributed by atoms with Gasteiger partial charge in [-0.3, -0.25) is 38.4 Å². The Morgan fingerprint density at radius 2 is 0.767 bits per heavy atom. The van der Waals surface area contributed by atoms with Gasteiger partial charge in [-0.05, 0) is 151 Å². The Morgan fingerprint density at radius 1 is 0.433 bits per heavy atom. The highest BCUT2D eigenvalue weighted by atomic mass is 16.2. The number of likely N-dealkylation sites (tertiary alicyclic amines) is 2. The van der Waals surface area contributed by atoms with Crippen LogP contribution >= 0.6 is 0 Å². The summed E-state index contributed by atoms with van der Waals surface area (Å²) in [4.78, 5) is 119. The van der Waals surface area contributed by atoms with Gasteiger partial charge in [0.1, 0.15) is 24.2 Å². The number of carbonyl (C=O) groups excluding carboxylic acids is 8. The smallest absolute Gasteiger partial charge is 0.251 e. The minimum absolute atomic E-state index is 0.0210. The zero-order chi connectivity index (χ0) is 63.5. The molecule has 0 bridgehead atoms. The van der Waals surface area contributed by atoms with Crippen molar-refractivity contribution in [3.8, 4) is 0 Å². The molecule has 18 heteroatoms. The topological polar surface area (TPSA) is 239 Å². The van der Waals surface area contributed by atoms with Crippen LogP contribution in [0.2, 0.25) is 0 Å². The van der Waals surface area contributed by atoms with Crippen LogP contribution in [0.1, 0.15) is 159 Å². The van der Waals surface area contributed by atoms with Gasteiger partial charge in [0.25, 0.3) is 11.8 Å². The van der Waals surface area contributed by atoms with Crippen LogP contribution in [0.4, 0.5) is 0 Å². The summed E-state index contributed by atoms with van der Waals surface area (Å²) in [6, 6.07) is 38.9. The molecule has 2 saturated carbocycles. The SMILES string of the molecule is CN[C@@H](C)C(=O)N[C@H](C(=O)N1C[C@@H](NC(=O)c2ccc(C(=O)N[C@H]3C[C@@H](C(=O)N[C@H](CCc4ccccc4)c4ccccc4)N(C(=O)[C@@H](NC(=O)[C@H](C)NC)C4CCCCC4)C3)cc2)C[C@H]1C(=O)N[C@H](CCc1ccccc1)c1ccccc1)C1CCCCC1. The maximum atomic E-state index is 15.1. The van der Waals surface area contributed by atoms with Crippen molar-refractivity contribution in [1.29, 1.82) is 0 Å². The summed E-state index contributed by atoms with van der Waals surface area (Å²) in [5, 5.41) is 24.9. The van der Waals surface area contributed by atoms with Crippen LogP contribution < -0.4 is 42.5 Å². The van der Waals surface area contributed by atoms with E-state index in [0.717, 1.165) is 86.5 Å². The fraction of sp³-hybridized carbons (Fsp3) is 0.472. The van der Waals surface area contributed by atoms with Crippen molar-refractivity contribution in [2.45, 2.75) is 177 Å². The van der Waals surface area contributed by atoms with Crippen LogP contribution in [-0.4, -0.2) is 133 Å². The van der Waals surface area contributed by atoms with Crippen LogP contribution in [0.25, 0.3) is 0 Å². The van der Waals surface area contributed by atoms with E-state index in [1.165, 1.54) is 0 Å². The molecule has 90 heavy (non-hydrogen) atoms. The lowest BCUT2D eigenvalue weighted by molar-refractivity contribution is -0.143. The quantitative estimate of drug-likeness (QED) is 0.0273. The average Bonchev–Trinajstić information content (AvgIpc) is 3.16. The van der Waals surface area contributed by atoms with Crippen LogP contribution in [0.5, 0.6) is 0 Å². The van der Waals surface area contributed by atoms with Crippen LogP contribution in [-0.2, 0) is 41.6 Å². The Labute approximate surface area is 530 Å². The number of likely N-dealkylation sites (N-methyl/N-ethyl adjacent to an activating group) is 2. The van der Waals surface area contributed by atoms with Gasteiger partial charge in [-0.15, -0.1) is 0 Å². The number of aryl methyl sites for hydroxylation is 2.